The zero-order chi connectivity index (χ0) is 12.1. The van der Waals surface area contributed by atoms with Crippen LogP contribution in [0.15, 0.2) is 0 Å². The molecule has 0 aromatic carbocycles. The van der Waals surface area contributed by atoms with E-state index in [1.54, 1.807) is 0 Å². The van der Waals surface area contributed by atoms with Crippen LogP contribution in [0.25, 0.3) is 0 Å². The molecule has 94 valence electrons. The van der Waals surface area contributed by atoms with Gasteiger partial charge in [-0.3, -0.25) is 9.69 Å². The van der Waals surface area contributed by atoms with E-state index in [0.717, 1.165) is 18.9 Å². The molecule has 2 unspecified atom stereocenters. The molecule has 2 atom stereocenters. The number of carbonyl (C=O) groups is 1. The predicted octanol–water partition coefficient (Wildman–Crippen LogP) is 2.75. The average molecular weight is 227 g/mol. The van der Waals surface area contributed by atoms with Gasteiger partial charge in [-0.25, -0.2) is 0 Å². The molecule has 0 bridgehead atoms. The van der Waals surface area contributed by atoms with E-state index in [2.05, 4.69) is 25.7 Å². The number of rotatable bonds is 6. The van der Waals surface area contributed by atoms with E-state index in [4.69, 9.17) is 5.11 Å². The van der Waals surface area contributed by atoms with Crippen LogP contribution >= 0.6 is 0 Å². The molecule has 0 radical (unpaired) electrons. The fraction of sp³-hybridized carbons (Fsp3) is 0.923. The molecule has 1 saturated carbocycles. The van der Waals surface area contributed by atoms with Crippen molar-refractivity contribution in [2.45, 2.75) is 65.0 Å². The number of hydrogen-bond donors (Lipinski definition) is 1. The Labute approximate surface area is 98.8 Å². The van der Waals surface area contributed by atoms with Gasteiger partial charge in [0.15, 0.2) is 0 Å². The molecule has 1 aliphatic carbocycles. The van der Waals surface area contributed by atoms with Gasteiger partial charge in [0, 0.05) is 18.5 Å². The molecule has 0 heterocycles. The first-order valence-electron chi connectivity index (χ1n) is 6.50. The summed E-state index contributed by atoms with van der Waals surface area (Å²) >= 11 is 0. The van der Waals surface area contributed by atoms with Gasteiger partial charge in [0.25, 0.3) is 0 Å². The summed E-state index contributed by atoms with van der Waals surface area (Å²) in [6, 6.07) is 1.20. The van der Waals surface area contributed by atoms with Gasteiger partial charge in [0.05, 0.1) is 0 Å². The van der Waals surface area contributed by atoms with Crippen molar-refractivity contribution < 1.29 is 9.90 Å². The summed E-state index contributed by atoms with van der Waals surface area (Å²) in [7, 11) is 0. The lowest BCUT2D eigenvalue weighted by Crippen LogP contribution is -2.42. The summed E-state index contributed by atoms with van der Waals surface area (Å²) in [5.74, 6) is 0.0930. The standard InChI is InChI=1S/C13H25NO2/c1-10(2)14(9-5-8-13(15)16)12-7-4-6-11(12)3/h10-12H,4-9H2,1-3H3,(H,15,16). The molecule has 1 fully saturated rings. The molecular formula is C13H25NO2. The van der Waals surface area contributed by atoms with Crippen LogP contribution < -0.4 is 0 Å². The smallest absolute Gasteiger partial charge is 0.303 e. The van der Waals surface area contributed by atoms with Crippen molar-refractivity contribution in [3.63, 3.8) is 0 Å². The SMILES string of the molecule is CC1CCCC1N(CCCC(=O)O)C(C)C. The van der Waals surface area contributed by atoms with Gasteiger partial charge in [0.2, 0.25) is 0 Å². The van der Waals surface area contributed by atoms with Crippen molar-refractivity contribution in [3.8, 4) is 0 Å². The summed E-state index contributed by atoms with van der Waals surface area (Å²) < 4.78 is 0. The highest BCUT2D eigenvalue weighted by Crippen LogP contribution is 2.30. The lowest BCUT2D eigenvalue weighted by Gasteiger charge is -2.35. The van der Waals surface area contributed by atoms with Crippen molar-refractivity contribution in [1.29, 1.82) is 0 Å². The van der Waals surface area contributed by atoms with Crippen LogP contribution in [0.2, 0.25) is 0 Å². The average Bonchev–Trinajstić information content (AvgIpc) is 2.58. The van der Waals surface area contributed by atoms with Crippen LogP contribution in [0, 0.1) is 5.92 Å². The molecule has 0 spiro atoms. The summed E-state index contributed by atoms with van der Waals surface area (Å²) in [5.41, 5.74) is 0. The Balaban J connectivity index is 2.44. The lowest BCUT2D eigenvalue weighted by molar-refractivity contribution is -0.137. The third-order valence-electron chi connectivity index (χ3n) is 3.71. The highest BCUT2D eigenvalue weighted by molar-refractivity contribution is 5.66. The van der Waals surface area contributed by atoms with Crippen LogP contribution in [0.3, 0.4) is 0 Å². The van der Waals surface area contributed by atoms with E-state index in [1.165, 1.54) is 19.3 Å². The minimum atomic E-state index is -0.678. The van der Waals surface area contributed by atoms with E-state index >= 15 is 0 Å². The van der Waals surface area contributed by atoms with E-state index in [1.807, 2.05) is 0 Å². The number of nitrogens with zero attached hydrogens (tertiary/aromatic N) is 1. The number of carboxylic acid groups (broad SMARTS) is 1. The van der Waals surface area contributed by atoms with E-state index < -0.39 is 5.97 Å². The van der Waals surface area contributed by atoms with E-state index in [9.17, 15) is 4.79 Å². The zero-order valence-electron chi connectivity index (χ0n) is 10.8. The highest BCUT2D eigenvalue weighted by Gasteiger charge is 2.29. The van der Waals surface area contributed by atoms with Crippen molar-refractivity contribution in [1.82, 2.24) is 4.90 Å². The first-order valence-corrected chi connectivity index (χ1v) is 6.50. The fourth-order valence-corrected chi connectivity index (χ4v) is 2.84. The zero-order valence-corrected chi connectivity index (χ0v) is 10.8. The second-order valence-electron chi connectivity index (χ2n) is 5.30. The van der Waals surface area contributed by atoms with E-state index in [0.29, 0.717) is 18.5 Å². The first kappa shape index (κ1) is 13.5. The third kappa shape index (κ3) is 3.78. The molecular weight excluding hydrogens is 202 g/mol. The maximum absolute atomic E-state index is 10.5. The Kier molecular flexibility index (Phi) is 5.26. The number of aliphatic carboxylic acids is 1. The summed E-state index contributed by atoms with van der Waals surface area (Å²) in [6.07, 6.45) is 5.01. The number of hydrogen-bond acceptors (Lipinski definition) is 2. The molecule has 0 aromatic rings. The normalized spacial score (nSPS) is 25.6. The first-order chi connectivity index (χ1) is 7.52. The molecule has 0 saturated heterocycles. The van der Waals surface area contributed by atoms with Crippen LogP contribution in [-0.4, -0.2) is 34.6 Å². The minimum Gasteiger partial charge on any atom is -0.481 e. The topological polar surface area (TPSA) is 40.5 Å². The molecule has 1 rings (SSSR count). The maximum Gasteiger partial charge on any atom is 0.303 e. The molecule has 0 aliphatic heterocycles. The van der Waals surface area contributed by atoms with Gasteiger partial charge >= 0.3 is 5.97 Å². The summed E-state index contributed by atoms with van der Waals surface area (Å²) in [5, 5.41) is 8.66. The van der Waals surface area contributed by atoms with Crippen LogP contribution in [0.1, 0.15) is 52.9 Å². The fourth-order valence-electron chi connectivity index (χ4n) is 2.84. The molecule has 0 aromatic heterocycles. The lowest BCUT2D eigenvalue weighted by atomic mass is 10.0. The van der Waals surface area contributed by atoms with E-state index in [-0.39, 0.29) is 0 Å². The van der Waals surface area contributed by atoms with Crippen molar-refractivity contribution in [2.24, 2.45) is 5.92 Å². The Morgan fingerprint density at radius 2 is 2.12 bits per heavy atom. The van der Waals surface area contributed by atoms with Crippen molar-refractivity contribution in [2.75, 3.05) is 6.54 Å². The van der Waals surface area contributed by atoms with Gasteiger partial charge in [-0.1, -0.05) is 13.3 Å². The molecule has 16 heavy (non-hydrogen) atoms. The molecule has 0 amide bonds. The van der Waals surface area contributed by atoms with Gasteiger partial charge in [-0.2, -0.15) is 0 Å². The summed E-state index contributed by atoms with van der Waals surface area (Å²) in [6.45, 7) is 7.68. The maximum atomic E-state index is 10.5. The van der Waals surface area contributed by atoms with Crippen LogP contribution in [-0.2, 0) is 4.79 Å². The molecule has 3 heteroatoms. The second kappa shape index (κ2) is 6.24. The molecule has 3 nitrogen and oxygen atoms in total. The minimum absolute atomic E-state index is 0.296. The Bertz CT molecular complexity index is 228. The second-order valence-corrected chi connectivity index (χ2v) is 5.30. The van der Waals surface area contributed by atoms with Crippen molar-refractivity contribution in [3.05, 3.63) is 0 Å². The summed E-state index contributed by atoms with van der Waals surface area (Å²) in [4.78, 5) is 13.0. The van der Waals surface area contributed by atoms with Gasteiger partial charge < -0.3 is 5.11 Å². The Hall–Kier alpha value is -0.570. The number of carboxylic acids is 1. The predicted molar refractivity (Wildman–Crippen MR) is 65.5 cm³/mol. The quantitative estimate of drug-likeness (QED) is 0.758. The Morgan fingerprint density at radius 1 is 1.44 bits per heavy atom. The molecule has 1 N–H and O–H groups in total. The van der Waals surface area contributed by atoms with Crippen LogP contribution in [0.5, 0.6) is 0 Å². The van der Waals surface area contributed by atoms with Gasteiger partial charge in [-0.05, 0) is 45.6 Å². The Morgan fingerprint density at radius 3 is 2.56 bits per heavy atom. The van der Waals surface area contributed by atoms with Gasteiger partial charge in [0.1, 0.15) is 0 Å². The van der Waals surface area contributed by atoms with Crippen molar-refractivity contribution >= 4 is 5.97 Å². The third-order valence-corrected chi connectivity index (χ3v) is 3.71. The van der Waals surface area contributed by atoms with Crippen LogP contribution in [0.4, 0.5) is 0 Å². The largest absolute Gasteiger partial charge is 0.481 e. The van der Waals surface area contributed by atoms with Gasteiger partial charge in [-0.15, -0.1) is 0 Å². The molecule has 1 aliphatic rings. The highest BCUT2D eigenvalue weighted by atomic mass is 16.4. The monoisotopic (exact) mass is 227 g/mol.